The van der Waals surface area contributed by atoms with Crippen LogP contribution in [0.3, 0.4) is 0 Å². The molecule has 1 amide bonds. The molecule has 1 saturated heterocycles. The number of carbonyl (C=O) groups excluding carboxylic acids is 1. The van der Waals surface area contributed by atoms with Gasteiger partial charge in [0.25, 0.3) is 0 Å². The lowest BCUT2D eigenvalue weighted by Crippen LogP contribution is -2.25. The maximum absolute atomic E-state index is 12.4. The Bertz CT molecular complexity index is 1430. The number of halogens is 1. The zero-order chi connectivity index (χ0) is 24.9. The fourth-order valence-corrected chi connectivity index (χ4v) is 4.95. The van der Waals surface area contributed by atoms with Gasteiger partial charge in [-0.1, -0.05) is 53.7 Å². The van der Waals surface area contributed by atoms with E-state index in [0.29, 0.717) is 16.6 Å². The van der Waals surface area contributed by atoms with E-state index < -0.39 is 0 Å². The van der Waals surface area contributed by atoms with Gasteiger partial charge in [0.2, 0.25) is 5.91 Å². The molecule has 1 fully saturated rings. The molecule has 1 unspecified atom stereocenters. The van der Waals surface area contributed by atoms with Gasteiger partial charge in [0.05, 0.1) is 24.3 Å². The standard InChI is InChI=1S/C27H22ClN5O2S/c1-35-23-12-10-19(11-13-23)25-20(17-33(32-25)22-8-3-2-4-9-22)16-29-31-27-30-26(34)24(36-27)15-18-6-5-7-21(28)14-18/h2-14,16-17,24H,15H2,1H3,(H,30,31,34)/b29-16+. The van der Waals surface area contributed by atoms with Crippen molar-refractivity contribution in [3.63, 3.8) is 0 Å². The molecule has 2 heterocycles. The second-order valence-electron chi connectivity index (χ2n) is 8.02. The molecule has 7 nitrogen and oxygen atoms in total. The van der Waals surface area contributed by atoms with Gasteiger partial charge < -0.3 is 10.1 Å². The van der Waals surface area contributed by atoms with Crippen molar-refractivity contribution in [2.75, 3.05) is 7.11 Å². The van der Waals surface area contributed by atoms with Crippen LogP contribution in [0.5, 0.6) is 5.75 Å². The highest BCUT2D eigenvalue weighted by molar-refractivity contribution is 8.15. The number of methoxy groups -OCH3 is 1. The van der Waals surface area contributed by atoms with Crippen molar-refractivity contribution in [1.29, 1.82) is 0 Å². The first-order valence-electron chi connectivity index (χ1n) is 11.2. The summed E-state index contributed by atoms with van der Waals surface area (Å²) in [6, 6.07) is 25.1. The van der Waals surface area contributed by atoms with E-state index in [2.05, 4.69) is 15.5 Å². The van der Waals surface area contributed by atoms with Gasteiger partial charge in [0.15, 0.2) is 5.17 Å². The molecule has 1 atom stereocenters. The third kappa shape index (κ3) is 5.50. The van der Waals surface area contributed by atoms with Crippen molar-refractivity contribution < 1.29 is 9.53 Å². The first kappa shape index (κ1) is 23.8. The Hall–Kier alpha value is -3.88. The van der Waals surface area contributed by atoms with Crippen LogP contribution in [0.4, 0.5) is 0 Å². The third-order valence-corrected chi connectivity index (χ3v) is 6.87. The van der Waals surface area contributed by atoms with Gasteiger partial charge in [0, 0.05) is 22.3 Å². The Morgan fingerprint density at radius 1 is 1.11 bits per heavy atom. The van der Waals surface area contributed by atoms with Crippen LogP contribution >= 0.6 is 23.4 Å². The predicted octanol–water partition coefficient (Wildman–Crippen LogP) is 5.37. The fourth-order valence-electron chi connectivity index (χ4n) is 3.78. The molecule has 4 aromatic rings. The van der Waals surface area contributed by atoms with Crippen LogP contribution in [0.2, 0.25) is 5.02 Å². The smallest absolute Gasteiger partial charge is 0.239 e. The number of benzene rings is 3. The predicted molar refractivity (Wildman–Crippen MR) is 145 cm³/mol. The molecule has 0 spiro atoms. The summed E-state index contributed by atoms with van der Waals surface area (Å²) < 4.78 is 7.09. The van der Waals surface area contributed by atoms with Gasteiger partial charge in [-0.15, -0.1) is 5.10 Å². The Balaban J connectivity index is 1.38. The topological polar surface area (TPSA) is 80.9 Å². The van der Waals surface area contributed by atoms with Crippen LogP contribution < -0.4 is 10.1 Å². The molecule has 1 aliphatic rings. The number of rotatable bonds is 7. The molecule has 36 heavy (non-hydrogen) atoms. The second kappa shape index (κ2) is 10.8. The Morgan fingerprint density at radius 2 is 1.92 bits per heavy atom. The van der Waals surface area contributed by atoms with Crippen LogP contribution in [0.25, 0.3) is 16.9 Å². The number of amides is 1. The molecule has 1 N–H and O–H groups in total. The number of amidine groups is 1. The van der Waals surface area contributed by atoms with E-state index in [9.17, 15) is 4.79 Å². The summed E-state index contributed by atoms with van der Waals surface area (Å²) in [5.41, 5.74) is 4.40. The molecule has 0 saturated carbocycles. The molecule has 1 aromatic heterocycles. The Morgan fingerprint density at radius 3 is 2.67 bits per heavy atom. The zero-order valence-electron chi connectivity index (χ0n) is 19.3. The Kier molecular flexibility index (Phi) is 7.16. The van der Waals surface area contributed by atoms with Gasteiger partial charge in [-0.05, 0) is 60.5 Å². The molecule has 180 valence electrons. The number of hydrogen-bond acceptors (Lipinski definition) is 6. The minimum absolute atomic E-state index is 0.0928. The highest BCUT2D eigenvalue weighted by atomic mass is 35.5. The van der Waals surface area contributed by atoms with Crippen molar-refractivity contribution in [3.05, 3.63) is 101 Å². The number of aromatic nitrogens is 2. The van der Waals surface area contributed by atoms with Gasteiger partial charge in [0.1, 0.15) is 11.4 Å². The molecule has 0 bridgehead atoms. The molecule has 5 rings (SSSR count). The maximum atomic E-state index is 12.4. The van der Waals surface area contributed by atoms with Crippen molar-refractivity contribution >= 4 is 40.7 Å². The second-order valence-corrected chi connectivity index (χ2v) is 9.65. The average molecular weight is 516 g/mol. The molecule has 9 heteroatoms. The molecule has 0 aliphatic carbocycles. The van der Waals surface area contributed by atoms with Crippen LogP contribution in [0.15, 0.2) is 95.3 Å². The van der Waals surface area contributed by atoms with Crippen molar-refractivity contribution in [2.45, 2.75) is 11.7 Å². The summed E-state index contributed by atoms with van der Waals surface area (Å²) in [5, 5.41) is 16.9. The zero-order valence-corrected chi connectivity index (χ0v) is 20.9. The van der Waals surface area contributed by atoms with Crippen molar-refractivity contribution in [2.24, 2.45) is 10.2 Å². The Labute approximate surface area is 217 Å². The van der Waals surface area contributed by atoms with Gasteiger partial charge in [-0.2, -0.15) is 10.2 Å². The molecule has 1 aliphatic heterocycles. The summed E-state index contributed by atoms with van der Waals surface area (Å²) in [5.74, 6) is 0.675. The average Bonchev–Trinajstić information content (AvgIpc) is 3.48. The molecular weight excluding hydrogens is 494 g/mol. The molecule has 0 radical (unpaired) electrons. The van der Waals surface area contributed by atoms with Crippen LogP contribution in [-0.2, 0) is 11.2 Å². The first-order valence-corrected chi connectivity index (χ1v) is 12.5. The number of nitrogens with zero attached hydrogens (tertiary/aromatic N) is 4. The van der Waals surface area contributed by atoms with Crippen molar-refractivity contribution in [3.8, 4) is 22.7 Å². The molecule has 3 aromatic carbocycles. The van der Waals surface area contributed by atoms with Crippen molar-refractivity contribution in [1.82, 2.24) is 15.1 Å². The third-order valence-electron chi connectivity index (χ3n) is 5.56. The number of thioether (sulfide) groups is 1. The highest BCUT2D eigenvalue weighted by Crippen LogP contribution is 2.26. The fraction of sp³-hybridized carbons (Fsp3) is 0.111. The number of para-hydroxylation sites is 1. The van der Waals surface area contributed by atoms with E-state index in [1.54, 1.807) is 18.0 Å². The van der Waals surface area contributed by atoms with E-state index in [4.69, 9.17) is 21.4 Å². The number of carbonyl (C=O) groups is 1. The minimum atomic E-state index is -0.284. The summed E-state index contributed by atoms with van der Waals surface area (Å²) in [4.78, 5) is 12.4. The summed E-state index contributed by atoms with van der Waals surface area (Å²) >= 11 is 7.43. The van der Waals surface area contributed by atoms with E-state index in [-0.39, 0.29) is 11.2 Å². The maximum Gasteiger partial charge on any atom is 0.239 e. The van der Waals surface area contributed by atoms with Gasteiger partial charge >= 0.3 is 0 Å². The van der Waals surface area contributed by atoms with E-state index in [1.807, 2.05) is 85.1 Å². The molecular formula is C27H22ClN5O2S. The summed E-state index contributed by atoms with van der Waals surface area (Å²) in [7, 11) is 1.63. The lowest BCUT2D eigenvalue weighted by atomic mass is 10.1. The number of ether oxygens (including phenoxy) is 1. The van der Waals surface area contributed by atoms with Crippen LogP contribution in [0, 0.1) is 0 Å². The largest absolute Gasteiger partial charge is 0.497 e. The monoisotopic (exact) mass is 515 g/mol. The number of nitrogens with one attached hydrogen (secondary N) is 1. The van der Waals surface area contributed by atoms with Crippen LogP contribution in [-0.4, -0.2) is 39.4 Å². The normalized spacial score (nSPS) is 16.6. The van der Waals surface area contributed by atoms with E-state index >= 15 is 0 Å². The first-order chi connectivity index (χ1) is 17.6. The van der Waals surface area contributed by atoms with E-state index in [1.165, 1.54) is 11.8 Å². The SMILES string of the molecule is COc1ccc(-c2nn(-c3ccccc3)cc2/C=N/N=C2\NC(=O)C(Cc3cccc(Cl)c3)S2)cc1. The summed E-state index contributed by atoms with van der Waals surface area (Å²) in [6.07, 6.45) is 4.11. The van der Waals surface area contributed by atoms with Crippen LogP contribution in [0.1, 0.15) is 11.1 Å². The highest BCUT2D eigenvalue weighted by Gasteiger charge is 2.30. The summed E-state index contributed by atoms with van der Waals surface area (Å²) in [6.45, 7) is 0. The van der Waals surface area contributed by atoms with E-state index in [0.717, 1.165) is 33.8 Å². The van der Waals surface area contributed by atoms with Gasteiger partial charge in [-0.3, -0.25) is 4.79 Å². The van der Waals surface area contributed by atoms with Gasteiger partial charge in [-0.25, -0.2) is 4.68 Å². The number of hydrogen-bond donors (Lipinski definition) is 1. The lowest BCUT2D eigenvalue weighted by Gasteiger charge is -2.05. The quantitative estimate of drug-likeness (QED) is 0.265. The lowest BCUT2D eigenvalue weighted by molar-refractivity contribution is -0.118. The minimum Gasteiger partial charge on any atom is -0.497 e.